The van der Waals surface area contributed by atoms with Gasteiger partial charge in [0, 0.05) is 10.6 Å². The maximum Gasteiger partial charge on any atom is 0.259 e. The largest absolute Gasteiger partial charge is 0.493 e. The first-order chi connectivity index (χ1) is 13.0. The van der Waals surface area contributed by atoms with Crippen molar-refractivity contribution in [2.45, 2.75) is 0 Å². The van der Waals surface area contributed by atoms with Crippen molar-refractivity contribution in [1.82, 2.24) is 10.7 Å². The fourth-order valence-corrected chi connectivity index (χ4v) is 2.53. The van der Waals surface area contributed by atoms with Gasteiger partial charge in [0.2, 0.25) is 0 Å². The van der Waals surface area contributed by atoms with Gasteiger partial charge < -0.3 is 14.8 Å². The normalized spacial score (nSPS) is 10.5. The number of carbonyl (C=O) groups excluding carboxylic acids is 2. The van der Waals surface area contributed by atoms with E-state index < -0.39 is 11.8 Å². The van der Waals surface area contributed by atoms with E-state index in [0.29, 0.717) is 22.1 Å². The Balaban J connectivity index is 1.92. The van der Waals surface area contributed by atoms with Crippen molar-refractivity contribution in [3.8, 4) is 11.5 Å². The van der Waals surface area contributed by atoms with Crippen molar-refractivity contribution < 1.29 is 19.1 Å². The summed E-state index contributed by atoms with van der Waals surface area (Å²) in [5.41, 5.74) is 3.11. The lowest BCUT2D eigenvalue weighted by Crippen LogP contribution is -2.35. The third-order valence-electron chi connectivity index (χ3n) is 3.41. The van der Waals surface area contributed by atoms with Crippen LogP contribution < -0.4 is 20.2 Å². The van der Waals surface area contributed by atoms with Gasteiger partial charge in [-0.15, -0.1) is 0 Å². The number of halogens is 2. The summed E-state index contributed by atoms with van der Waals surface area (Å²) < 4.78 is 10.5. The summed E-state index contributed by atoms with van der Waals surface area (Å²) in [6.45, 7) is -0.283. The van der Waals surface area contributed by atoms with Gasteiger partial charge in [-0.05, 0) is 30.3 Å². The highest BCUT2D eigenvalue weighted by Gasteiger charge is 2.12. The molecule has 0 saturated carbocycles. The summed E-state index contributed by atoms with van der Waals surface area (Å²) in [5, 5.41) is 6.90. The summed E-state index contributed by atoms with van der Waals surface area (Å²) in [4.78, 5) is 23.9. The van der Waals surface area contributed by atoms with E-state index in [1.807, 2.05) is 0 Å². The average molecular weight is 410 g/mol. The molecule has 7 nitrogen and oxygen atoms in total. The van der Waals surface area contributed by atoms with Crippen molar-refractivity contribution in [2.75, 3.05) is 20.8 Å². The predicted molar refractivity (Wildman–Crippen MR) is 104 cm³/mol. The van der Waals surface area contributed by atoms with Gasteiger partial charge in [-0.1, -0.05) is 29.3 Å². The highest BCUT2D eigenvalue weighted by molar-refractivity contribution is 6.35. The van der Waals surface area contributed by atoms with Gasteiger partial charge in [0.1, 0.15) is 0 Å². The molecule has 0 aliphatic rings. The highest BCUT2D eigenvalue weighted by atomic mass is 35.5. The van der Waals surface area contributed by atoms with Crippen LogP contribution in [-0.4, -0.2) is 38.8 Å². The predicted octanol–water partition coefficient (Wildman–Crippen LogP) is 2.89. The Morgan fingerprint density at radius 2 is 1.93 bits per heavy atom. The van der Waals surface area contributed by atoms with E-state index in [0.717, 1.165) is 0 Å². The van der Waals surface area contributed by atoms with Crippen LogP contribution >= 0.6 is 23.2 Å². The molecule has 0 fully saturated rings. The van der Waals surface area contributed by atoms with Gasteiger partial charge in [0.05, 0.1) is 37.6 Å². The molecule has 0 aliphatic heterocycles. The van der Waals surface area contributed by atoms with E-state index in [-0.39, 0.29) is 17.1 Å². The molecular formula is C18H17Cl2N3O4. The van der Waals surface area contributed by atoms with Gasteiger partial charge in [0.25, 0.3) is 11.8 Å². The number of hydrogen-bond donors (Lipinski definition) is 2. The summed E-state index contributed by atoms with van der Waals surface area (Å²) in [7, 11) is 3.03. The topological polar surface area (TPSA) is 89.0 Å². The third-order valence-corrected chi connectivity index (χ3v) is 3.97. The highest BCUT2D eigenvalue weighted by Crippen LogP contribution is 2.29. The number of ether oxygens (including phenoxy) is 2. The number of nitrogens with zero attached hydrogens (tertiary/aromatic N) is 1. The molecule has 0 unspecified atom stereocenters. The average Bonchev–Trinajstić information content (AvgIpc) is 2.67. The van der Waals surface area contributed by atoms with E-state index >= 15 is 0 Å². The number of carbonyl (C=O) groups is 2. The van der Waals surface area contributed by atoms with Crippen LogP contribution in [0.4, 0.5) is 0 Å². The molecule has 0 aromatic heterocycles. The minimum atomic E-state index is -0.518. The minimum Gasteiger partial charge on any atom is -0.493 e. The number of amides is 2. The summed E-state index contributed by atoms with van der Waals surface area (Å²) in [6.07, 6.45) is 1.41. The molecule has 0 bridgehead atoms. The van der Waals surface area contributed by atoms with Crippen LogP contribution in [0.2, 0.25) is 10.0 Å². The third kappa shape index (κ3) is 5.60. The van der Waals surface area contributed by atoms with Crippen LogP contribution in [0.5, 0.6) is 11.5 Å². The second-order valence-electron chi connectivity index (χ2n) is 5.18. The monoisotopic (exact) mass is 409 g/mol. The summed E-state index contributed by atoms with van der Waals surface area (Å²) in [6, 6.07) is 9.74. The Morgan fingerprint density at radius 3 is 2.63 bits per heavy atom. The molecule has 142 valence electrons. The first-order valence-electron chi connectivity index (χ1n) is 7.72. The molecule has 0 aliphatic carbocycles. The Kier molecular flexibility index (Phi) is 7.45. The van der Waals surface area contributed by atoms with Crippen LogP contribution in [0, 0.1) is 0 Å². The van der Waals surface area contributed by atoms with Crippen LogP contribution in [0.15, 0.2) is 41.5 Å². The fourth-order valence-electron chi connectivity index (χ4n) is 2.15. The van der Waals surface area contributed by atoms with E-state index in [2.05, 4.69) is 15.8 Å². The van der Waals surface area contributed by atoms with Crippen LogP contribution in [-0.2, 0) is 4.79 Å². The Hall–Kier alpha value is -2.77. The molecule has 0 radical (unpaired) electrons. The molecular weight excluding hydrogens is 393 g/mol. The molecule has 2 aromatic carbocycles. The molecule has 2 N–H and O–H groups in total. The van der Waals surface area contributed by atoms with Gasteiger partial charge in [-0.2, -0.15) is 5.10 Å². The van der Waals surface area contributed by atoms with Crippen LogP contribution in [0.3, 0.4) is 0 Å². The van der Waals surface area contributed by atoms with Gasteiger partial charge in [-0.3, -0.25) is 9.59 Å². The van der Waals surface area contributed by atoms with Crippen molar-refractivity contribution in [2.24, 2.45) is 5.10 Å². The minimum absolute atomic E-state index is 0.182. The molecule has 2 amide bonds. The second kappa shape index (κ2) is 9.80. The van der Waals surface area contributed by atoms with Crippen LogP contribution in [0.25, 0.3) is 0 Å². The molecule has 2 aromatic rings. The first kappa shape index (κ1) is 20.5. The van der Waals surface area contributed by atoms with Gasteiger partial charge in [0.15, 0.2) is 11.5 Å². The molecule has 0 atom stereocenters. The van der Waals surface area contributed by atoms with E-state index in [1.54, 1.807) is 24.3 Å². The van der Waals surface area contributed by atoms with Crippen LogP contribution in [0.1, 0.15) is 15.9 Å². The number of para-hydroxylation sites is 1. The maximum absolute atomic E-state index is 12.1. The lowest BCUT2D eigenvalue weighted by molar-refractivity contribution is -0.120. The molecule has 9 heteroatoms. The quantitative estimate of drug-likeness (QED) is 0.543. The molecule has 0 heterocycles. The lowest BCUT2D eigenvalue weighted by atomic mass is 10.2. The summed E-state index contributed by atoms with van der Waals surface area (Å²) in [5.74, 6) is -0.00366. The zero-order valence-electron chi connectivity index (χ0n) is 14.6. The number of nitrogens with one attached hydrogen (secondary N) is 2. The number of methoxy groups -OCH3 is 2. The number of hydrazone groups is 1. The number of rotatable bonds is 7. The number of benzene rings is 2. The molecule has 0 saturated heterocycles. The SMILES string of the molecule is COc1cccc(/C=N/NC(=O)CNC(=O)c2cc(Cl)ccc2Cl)c1OC. The van der Waals surface area contributed by atoms with E-state index in [9.17, 15) is 9.59 Å². The van der Waals surface area contributed by atoms with Crippen molar-refractivity contribution in [3.63, 3.8) is 0 Å². The Bertz CT molecular complexity index is 872. The van der Waals surface area contributed by atoms with Gasteiger partial charge >= 0.3 is 0 Å². The zero-order chi connectivity index (χ0) is 19.8. The molecule has 27 heavy (non-hydrogen) atoms. The fraction of sp³-hybridized carbons (Fsp3) is 0.167. The Labute approximate surface area is 166 Å². The van der Waals surface area contributed by atoms with E-state index in [4.69, 9.17) is 32.7 Å². The molecule has 0 spiro atoms. The lowest BCUT2D eigenvalue weighted by Gasteiger charge is -2.09. The van der Waals surface area contributed by atoms with Crippen molar-refractivity contribution >= 4 is 41.2 Å². The van der Waals surface area contributed by atoms with Gasteiger partial charge in [-0.25, -0.2) is 5.43 Å². The standard InChI is InChI=1S/C18H17Cl2N3O4/c1-26-15-5-3-4-11(17(15)27-2)9-22-23-16(24)10-21-18(25)13-8-12(19)6-7-14(13)20/h3-9H,10H2,1-2H3,(H,21,25)(H,23,24)/b22-9+. The summed E-state index contributed by atoms with van der Waals surface area (Å²) >= 11 is 11.8. The Morgan fingerprint density at radius 1 is 1.15 bits per heavy atom. The maximum atomic E-state index is 12.1. The van der Waals surface area contributed by atoms with Crippen molar-refractivity contribution in [1.29, 1.82) is 0 Å². The zero-order valence-corrected chi connectivity index (χ0v) is 16.1. The second-order valence-corrected chi connectivity index (χ2v) is 6.03. The first-order valence-corrected chi connectivity index (χ1v) is 8.48. The van der Waals surface area contributed by atoms with E-state index in [1.165, 1.54) is 32.6 Å². The smallest absolute Gasteiger partial charge is 0.259 e. The number of hydrogen-bond acceptors (Lipinski definition) is 5. The van der Waals surface area contributed by atoms with Crippen molar-refractivity contribution in [3.05, 3.63) is 57.6 Å². The molecule has 2 rings (SSSR count).